The monoisotopic (exact) mass is 227 g/mol. The Bertz CT molecular complexity index is 296. The lowest BCUT2D eigenvalue weighted by Crippen LogP contribution is -2.40. The van der Waals surface area contributed by atoms with Gasteiger partial charge in [0.25, 0.3) is 0 Å². The molecule has 1 saturated carbocycles. The predicted octanol–water partition coefficient (Wildman–Crippen LogP) is -0.0620. The van der Waals surface area contributed by atoms with Crippen LogP contribution < -0.4 is 0 Å². The van der Waals surface area contributed by atoms with Crippen molar-refractivity contribution in [1.29, 1.82) is 0 Å². The van der Waals surface area contributed by atoms with Gasteiger partial charge in [-0.05, 0) is 25.2 Å². The Kier molecular flexibility index (Phi) is 3.14. The molecule has 0 aromatic heterocycles. The summed E-state index contributed by atoms with van der Waals surface area (Å²) < 4.78 is 0. The summed E-state index contributed by atoms with van der Waals surface area (Å²) in [4.78, 5) is 24.3. The Morgan fingerprint density at radius 2 is 1.81 bits per heavy atom. The van der Waals surface area contributed by atoms with Crippen molar-refractivity contribution < 1.29 is 19.8 Å². The van der Waals surface area contributed by atoms with Crippen LogP contribution in [0.2, 0.25) is 0 Å². The SMILES string of the molecule is O=C(O)[C@H]1C[C@H]1C(=O)N1CCC(CO)CC1. The van der Waals surface area contributed by atoms with E-state index >= 15 is 0 Å². The van der Waals surface area contributed by atoms with E-state index in [4.69, 9.17) is 10.2 Å². The van der Waals surface area contributed by atoms with E-state index in [1.807, 2.05) is 0 Å². The van der Waals surface area contributed by atoms with Gasteiger partial charge in [0.2, 0.25) is 5.91 Å². The van der Waals surface area contributed by atoms with Crippen LogP contribution in [0.4, 0.5) is 0 Å². The van der Waals surface area contributed by atoms with Crippen LogP contribution in [0.5, 0.6) is 0 Å². The minimum atomic E-state index is -0.858. The van der Waals surface area contributed by atoms with Gasteiger partial charge < -0.3 is 15.1 Å². The Morgan fingerprint density at radius 3 is 2.25 bits per heavy atom. The molecule has 0 unspecified atom stereocenters. The van der Waals surface area contributed by atoms with Gasteiger partial charge in [-0.1, -0.05) is 0 Å². The maximum Gasteiger partial charge on any atom is 0.307 e. The molecular formula is C11H17NO4. The number of aliphatic hydroxyl groups is 1. The summed E-state index contributed by atoms with van der Waals surface area (Å²) in [6, 6.07) is 0. The van der Waals surface area contributed by atoms with Crippen molar-refractivity contribution in [2.24, 2.45) is 17.8 Å². The van der Waals surface area contributed by atoms with E-state index in [0.29, 0.717) is 25.4 Å². The van der Waals surface area contributed by atoms with Crippen molar-refractivity contribution in [3.63, 3.8) is 0 Å². The maximum absolute atomic E-state index is 11.9. The van der Waals surface area contributed by atoms with Crippen LogP contribution in [0.15, 0.2) is 0 Å². The molecule has 1 aliphatic carbocycles. The highest BCUT2D eigenvalue weighted by molar-refractivity contribution is 5.89. The first-order valence-electron chi connectivity index (χ1n) is 5.76. The second-order valence-electron chi connectivity index (χ2n) is 4.74. The molecule has 1 amide bonds. The third-order valence-corrected chi connectivity index (χ3v) is 3.61. The summed E-state index contributed by atoms with van der Waals surface area (Å²) in [5, 5.41) is 17.7. The molecule has 0 spiro atoms. The molecular weight excluding hydrogens is 210 g/mol. The van der Waals surface area contributed by atoms with Gasteiger partial charge in [-0.3, -0.25) is 9.59 Å². The standard InChI is InChI=1S/C11H17NO4/c13-6-7-1-3-12(4-2-7)10(14)8-5-9(8)11(15)16/h7-9,13H,1-6H2,(H,15,16)/t8-,9+/m1/s1. The first-order chi connectivity index (χ1) is 7.63. The Morgan fingerprint density at radius 1 is 1.19 bits per heavy atom. The van der Waals surface area contributed by atoms with Gasteiger partial charge in [0.1, 0.15) is 0 Å². The molecule has 0 bridgehead atoms. The zero-order valence-electron chi connectivity index (χ0n) is 9.13. The van der Waals surface area contributed by atoms with Gasteiger partial charge in [0, 0.05) is 19.7 Å². The number of aliphatic hydroxyl groups excluding tert-OH is 1. The van der Waals surface area contributed by atoms with Gasteiger partial charge >= 0.3 is 5.97 Å². The third-order valence-electron chi connectivity index (χ3n) is 3.61. The van der Waals surface area contributed by atoms with Gasteiger partial charge in [-0.2, -0.15) is 0 Å². The quantitative estimate of drug-likeness (QED) is 0.708. The molecule has 0 aromatic rings. The topological polar surface area (TPSA) is 77.8 Å². The fraction of sp³-hybridized carbons (Fsp3) is 0.818. The number of likely N-dealkylation sites (tertiary alicyclic amines) is 1. The first kappa shape index (κ1) is 11.4. The molecule has 5 nitrogen and oxygen atoms in total. The van der Waals surface area contributed by atoms with Crippen LogP contribution in [0.3, 0.4) is 0 Å². The summed E-state index contributed by atoms with van der Waals surface area (Å²) in [7, 11) is 0. The molecule has 2 rings (SSSR count). The van der Waals surface area contributed by atoms with E-state index in [-0.39, 0.29) is 18.4 Å². The fourth-order valence-electron chi connectivity index (χ4n) is 2.31. The maximum atomic E-state index is 11.9. The number of hydrogen-bond donors (Lipinski definition) is 2. The number of rotatable bonds is 3. The summed E-state index contributed by atoms with van der Waals surface area (Å²) in [5.74, 6) is -1.31. The van der Waals surface area contributed by atoms with Crippen molar-refractivity contribution in [2.75, 3.05) is 19.7 Å². The van der Waals surface area contributed by atoms with E-state index in [9.17, 15) is 9.59 Å². The van der Waals surface area contributed by atoms with Gasteiger partial charge in [-0.15, -0.1) is 0 Å². The minimum Gasteiger partial charge on any atom is -0.481 e. The van der Waals surface area contributed by atoms with Gasteiger partial charge in [0.15, 0.2) is 0 Å². The van der Waals surface area contributed by atoms with E-state index < -0.39 is 11.9 Å². The lowest BCUT2D eigenvalue weighted by molar-refractivity contribution is -0.142. The van der Waals surface area contributed by atoms with Crippen molar-refractivity contribution in [3.05, 3.63) is 0 Å². The van der Waals surface area contributed by atoms with E-state index in [0.717, 1.165) is 12.8 Å². The van der Waals surface area contributed by atoms with Crippen LogP contribution in [0, 0.1) is 17.8 Å². The van der Waals surface area contributed by atoms with E-state index in [1.165, 1.54) is 0 Å². The Labute approximate surface area is 94.0 Å². The summed E-state index contributed by atoms with van der Waals surface area (Å²) >= 11 is 0. The average Bonchev–Trinajstić information content (AvgIpc) is 3.08. The molecule has 5 heteroatoms. The Balaban J connectivity index is 1.82. The van der Waals surface area contributed by atoms with Crippen molar-refractivity contribution in [2.45, 2.75) is 19.3 Å². The van der Waals surface area contributed by atoms with Crippen molar-refractivity contribution in [3.8, 4) is 0 Å². The molecule has 2 N–H and O–H groups in total. The largest absolute Gasteiger partial charge is 0.481 e. The number of piperidine rings is 1. The molecule has 2 fully saturated rings. The van der Waals surface area contributed by atoms with Crippen molar-refractivity contribution in [1.82, 2.24) is 4.90 Å². The van der Waals surface area contributed by atoms with Crippen LogP contribution in [-0.4, -0.2) is 46.7 Å². The molecule has 1 aliphatic heterocycles. The van der Waals surface area contributed by atoms with Crippen molar-refractivity contribution >= 4 is 11.9 Å². The van der Waals surface area contributed by atoms with Crippen LogP contribution in [0.25, 0.3) is 0 Å². The molecule has 0 aromatic carbocycles. The predicted molar refractivity (Wildman–Crippen MR) is 55.6 cm³/mol. The number of carboxylic acid groups (broad SMARTS) is 1. The second-order valence-corrected chi connectivity index (χ2v) is 4.74. The zero-order chi connectivity index (χ0) is 11.7. The van der Waals surface area contributed by atoms with Gasteiger partial charge in [0.05, 0.1) is 11.8 Å². The molecule has 2 atom stereocenters. The highest BCUT2D eigenvalue weighted by atomic mass is 16.4. The number of amides is 1. The number of aliphatic carboxylic acids is 1. The molecule has 0 radical (unpaired) electrons. The molecule has 16 heavy (non-hydrogen) atoms. The molecule has 90 valence electrons. The summed E-state index contributed by atoms with van der Waals surface area (Å²) in [5.41, 5.74) is 0. The number of carboxylic acids is 1. The molecule has 1 heterocycles. The number of carbonyl (C=O) groups excluding carboxylic acids is 1. The van der Waals surface area contributed by atoms with Crippen LogP contribution in [0.1, 0.15) is 19.3 Å². The third kappa shape index (κ3) is 2.19. The lowest BCUT2D eigenvalue weighted by Gasteiger charge is -2.31. The Hall–Kier alpha value is -1.10. The number of carbonyl (C=O) groups is 2. The lowest BCUT2D eigenvalue weighted by atomic mass is 9.97. The first-order valence-corrected chi connectivity index (χ1v) is 5.76. The van der Waals surface area contributed by atoms with E-state index in [2.05, 4.69) is 0 Å². The molecule has 2 aliphatic rings. The second kappa shape index (κ2) is 4.41. The van der Waals surface area contributed by atoms with Crippen LogP contribution >= 0.6 is 0 Å². The fourth-order valence-corrected chi connectivity index (χ4v) is 2.31. The highest BCUT2D eigenvalue weighted by Gasteiger charge is 2.49. The number of hydrogen-bond acceptors (Lipinski definition) is 3. The zero-order valence-corrected chi connectivity index (χ0v) is 9.13. The smallest absolute Gasteiger partial charge is 0.307 e. The molecule has 1 saturated heterocycles. The minimum absolute atomic E-state index is 0.0104. The normalized spacial score (nSPS) is 30.2. The van der Waals surface area contributed by atoms with Crippen LogP contribution in [-0.2, 0) is 9.59 Å². The summed E-state index contributed by atoms with van der Waals surface area (Å²) in [6.07, 6.45) is 2.15. The van der Waals surface area contributed by atoms with E-state index in [1.54, 1.807) is 4.90 Å². The number of nitrogens with zero attached hydrogens (tertiary/aromatic N) is 1. The van der Waals surface area contributed by atoms with Gasteiger partial charge in [-0.25, -0.2) is 0 Å². The highest BCUT2D eigenvalue weighted by Crippen LogP contribution is 2.40. The summed E-state index contributed by atoms with van der Waals surface area (Å²) in [6.45, 7) is 1.50. The average molecular weight is 227 g/mol.